The van der Waals surface area contributed by atoms with E-state index in [0.717, 1.165) is 18.4 Å². The molecule has 0 spiro atoms. The molecule has 3 rings (SSSR count). The van der Waals surface area contributed by atoms with E-state index in [1.165, 1.54) is 12.1 Å². The van der Waals surface area contributed by atoms with Crippen LogP contribution < -0.4 is 15.5 Å². The van der Waals surface area contributed by atoms with Gasteiger partial charge in [0, 0.05) is 30.4 Å². The number of anilines is 3. The van der Waals surface area contributed by atoms with Gasteiger partial charge in [-0.25, -0.2) is 0 Å². The maximum Gasteiger partial charge on any atom is 0.314 e. The number of nitrogens with one attached hydrogen (secondary N) is 2. The second-order valence-electron chi connectivity index (χ2n) is 7.19. The van der Waals surface area contributed by atoms with Gasteiger partial charge in [-0.15, -0.1) is 0 Å². The Morgan fingerprint density at radius 3 is 2.47 bits per heavy atom. The third-order valence-electron chi connectivity index (χ3n) is 4.89. The van der Waals surface area contributed by atoms with E-state index in [1.807, 2.05) is 6.92 Å². The predicted molar refractivity (Wildman–Crippen MR) is 112 cm³/mol. The SMILES string of the molecule is Cc1ccc(NC(=O)C(=O)Nc2ccc(C)c(N3CCCCC3=O)c2)c([N+](=O)[O-])c1. The van der Waals surface area contributed by atoms with Crippen molar-refractivity contribution in [1.29, 1.82) is 0 Å². The lowest BCUT2D eigenvalue weighted by Crippen LogP contribution is -2.35. The summed E-state index contributed by atoms with van der Waals surface area (Å²) in [4.78, 5) is 49.1. The van der Waals surface area contributed by atoms with Crippen LogP contribution in [-0.4, -0.2) is 29.2 Å². The first-order valence-electron chi connectivity index (χ1n) is 9.54. The summed E-state index contributed by atoms with van der Waals surface area (Å²) in [5.74, 6) is -1.97. The van der Waals surface area contributed by atoms with Gasteiger partial charge >= 0.3 is 11.8 Å². The molecule has 1 heterocycles. The molecule has 1 aliphatic heterocycles. The Labute approximate surface area is 173 Å². The van der Waals surface area contributed by atoms with Crippen LogP contribution in [0.5, 0.6) is 0 Å². The lowest BCUT2D eigenvalue weighted by atomic mass is 10.1. The number of piperidine rings is 1. The lowest BCUT2D eigenvalue weighted by molar-refractivity contribution is -0.384. The van der Waals surface area contributed by atoms with Gasteiger partial charge in [-0.05, 0) is 56.0 Å². The Kier molecular flexibility index (Phi) is 6.10. The highest BCUT2D eigenvalue weighted by atomic mass is 16.6. The summed E-state index contributed by atoms with van der Waals surface area (Å²) in [7, 11) is 0. The maximum atomic E-state index is 12.3. The van der Waals surface area contributed by atoms with Crippen LogP contribution in [0.15, 0.2) is 36.4 Å². The zero-order valence-electron chi connectivity index (χ0n) is 16.7. The number of nitro benzene ring substituents is 1. The highest BCUT2D eigenvalue weighted by Gasteiger charge is 2.23. The van der Waals surface area contributed by atoms with E-state index in [-0.39, 0.29) is 17.3 Å². The first-order valence-corrected chi connectivity index (χ1v) is 9.54. The minimum Gasteiger partial charge on any atom is -0.318 e. The van der Waals surface area contributed by atoms with E-state index in [1.54, 1.807) is 36.1 Å². The molecule has 0 unspecified atom stereocenters. The highest BCUT2D eigenvalue weighted by Crippen LogP contribution is 2.28. The van der Waals surface area contributed by atoms with E-state index >= 15 is 0 Å². The van der Waals surface area contributed by atoms with Crippen LogP contribution >= 0.6 is 0 Å². The fourth-order valence-electron chi connectivity index (χ4n) is 3.30. The van der Waals surface area contributed by atoms with Gasteiger partial charge < -0.3 is 15.5 Å². The first-order chi connectivity index (χ1) is 14.3. The van der Waals surface area contributed by atoms with Crippen molar-refractivity contribution in [2.75, 3.05) is 22.1 Å². The average molecular weight is 410 g/mol. The number of carbonyl (C=O) groups is 3. The molecular formula is C21H22N4O5. The molecule has 1 fully saturated rings. The quantitative estimate of drug-likeness (QED) is 0.455. The van der Waals surface area contributed by atoms with E-state index < -0.39 is 16.7 Å². The third kappa shape index (κ3) is 4.62. The minimum atomic E-state index is -1.03. The van der Waals surface area contributed by atoms with Gasteiger partial charge in [0.15, 0.2) is 0 Å². The number of amides is 3. The molecule has 2 N–H and O–H groups in total. The summed E-state index contributed by atoms with van der Waals surface area (Å²) in [6.07, 6.45) is 2.24. The summed E-state index contributed by atoms with van der Waals surface area (Å²) < 4.78 is 0. The summed E-state index contributed by atoms with van der Waals surface area (Å²) in [6.45, 7) is 4.16. The molecule has 0 aromatic heterocycles. The second kappa shape index (κ2) is 8.73. The molecule has 3 amide bonds. The van der Waals surface area contributed by atoms with Crippen molar-refractivity contribution in [3.8, 4) is 0 Å². The molecule has 2 aromatic carbocycles. The summed E-state index contributed by atoms with van der Waals surface area (Å²) in [5, 5.41) is 15.9. The molecule has 0 atom stereocenters. The Balaban J connectivity index is 1.75. The monoisotopic (exact) mass is 410 g/mol. The van der Waals surface area contributed by atoms with Crippen molar-refractivity contribution in [3.63, 3.8) is 0 Å². The van der Waals surface area contributed by atoms with Gasteiger partial charge in [0.1, 0.15) is 5.69 Å². The van der Waals surface area contributed by atoms with Crippen LogP contribution in [0.25, 0.3) is 0 Å². The van der Waals surface area contributed by atoms with Crippen molar-refractivity contribution in [2.45, 2.75) is 33.1 Å². The van der Waals surface area contributed by atoms with Crippen LogP contribution in [0.4, 0.5) is 22.7 Å². The Morgan fingerprint density at radius 2 is 1.77 bits per heavy atom. The molecule has 0 radical (unpaired) electrons. The van der Waals surface area contributed by atoms with E-state index in [2.05, 4.69) is 10.6 Å². The molecule has 9 heteroatoms. The normalized spacial score (nSPS) is 13.7. The van der Waals surface area contributed by atoms with E-state index in [9.17, 15) is 24.5 Å². The molecule has 30 heavy (non-hydrogen) atoms. The molecule has 1 saturated heterocycles. The average Bonchev–Trinajstić information content (AvgIpc) is 2.71. The van der Waals surface area contributed by atoms with Crippen molar-refractivity contribution in [1.82, 2.24) is 0 Å². The van der Waals surface area contributed by atoms with Gasteiger partial charge in [0.2, 0.25) is 5.91 Å². The Hall–Kier alpha value is -3.75. The predicted octanol–water partition coefficient (Wildman–Crippen LogP) is 3.31. The largest absolute Gasteiger partial charge is 0.318 e. The number of aryl methyl sites for hydroxylation is 2. The first kappa shape index (κ1) is 21.0. The number of hydrogen-bond donors (Lipinski definition) is 2. The number of rotatable bonds is 4. The number of hydrogen-bond acceptors (Lipinski definition) is 5. The molecular weight excluding hydrogens is 388 g/mol. The van der Waals surface area contributed by atoms with Gasteiger partial charge in [0.05, 0.1) is 4.92 Å². The topological polar surface area (TPSA) is 122 Å². The number of nitrogens with zero attached hydrogens (tertiary/aromatic N) is 2. The maximum absolute atomic E-state index is 12.3. The van der Waals surface area contributed by atoms with Crippen LogP contribution in [0.3, 0.4) is 0 Å². The van der Waals surface area contributed by atoms with Crippen molar-refractivity contribution < 1.29 is 19.3 Å². The van der Waals surface area contributed by atoms with Gasteiger partial charge in [-0.1, -0.05) is 12.1 Å². The third-order valence-corrected chi connectivity index (χ3v) is 4.89. The van der Waals surface area contributed by atoms with Gasteiger partial charge in [-0.2, -0.15) is 0 Å². The molecule has 2 aromatic rings. The van der Waals surface area contributed by atoms with E-state index in [4.69, 9.17) is 0 Å². The second-order valence-corrected chi connectivity index (χ2v) is 7.19. The van der Waals surface area contributed by atoms with Gasteiger partial charge in [-0.3, -0.25) is 24.5 Å². The smallest absolute Gasteiger partial charge is 0.314 e. The summed E-state index contributed by atoms with van der Waals surface area (Å²) in [6, 6.07) is 9.34. The van der Waals surface area contributed by atoms with Crippen LogP contribution in [0.2, 0.25) is 0 Å². The summed E-state index contributed by atoms with van der Waals surface area (Å²) >= 11 is 0. The molecule has 1 aliphatic rings. The number of nitro groups is 1. The number of benzene rings is 2. The van der Waals surface area contributed by atoms with E-state index in [0.29, 0.717) is 29.9 Å². The molecule has 0 bridgehead atoms. The molecule has 0 saturated carbocycles. The molecule has 156 valence electrons. The Bertz CT molecular complexity index is 1030. The van der Waals surface area contributed by atoms with Crippen LogP contribution in [0.1, 0.15) is 30.4 Å². The summed E-state index contributed by atoms with van der Waals surface area (Å²) in [5.41, 5.74) is 2.22. The Morgan fingerprint density at radius 1 is 1.03 bits per heavy atom. The zero-order valence-corrected chi connectivity index (χ0v) is 16.7. The molecule has 9 nitrogen and oxygen atoms in total. The van der Waals surface area contributed by atoms with Crippen molar-refractivity contribution >= 4 is 40.5 Å². The standard InChI is InChI=1S/C21H22N4O5/c1-13-6-9-16(18(11-13)25(29)30)23-21(28)20(27)22-15-8-7-14(2)17(12-15)24-10-4-3-5-19(24)26/h6-9,11-12H,3-5,10H2,1-2H3,(H,22,27)(H,23,28). The van der Waals surface area contributed by atoms with Crippen molar-refractivity contribution in [2.24, 2.45) is 0 Å². The fourth-order valence-corrected chi connectivity index (χ4v) is 3.30. The fraction of sp³-hybridized carbons (Fsp3) is 0.286. The molecule has 0 aliphatic carbocycles. The van der Waals surface area contributed by atoms with Gasteiger partial charge in [0.25, 0.3) is 5.69 Å². The highest BCUT2D eigenvalue weighted by molar-refractivity contribution is 6.43. The van der Waals surface area contributed by atoms with Crippen LogP contribution in [-0.2, 0) is 14.4 Å². The van der Waals surface area contributed by atoms with Crippen LogP contribution in [0, 0.1) is 24.0 Å². The lowest BCUT2D eigenvalue weighted by Gasteiger charge is -2.28. The minimum absolute atomic E-state index is 0.0252. The zero-order chi connectivity index (χ0) is 21.8. The van der Waals surface area contributed by atoms with Crippen molar-refractivity contribution in [3.05, 3.63) is 57.6 Å². The number of carbonyl (C=O) groups excluding carboxylic acids is 3.